The predicted molar refractivity (Wildman–Crippen MR) is 88.6 cm³/mol. The van der Waals surface area contributed by atoms with Crippen LogP contribution in [-0.4, -0.2) is 56.1 Å². The van der Waals surface area contributed by atoms with Crippen molar-refractivity contribution in [3.8, 4) is 0 Å². The van der Waals surface area contributed by atoms with Gasteiger partial charge in [0.25, 0.3) is 0 Å². The Morgan fingerprint density at radius 2 is 2.25 bits per heavy atom. The Balaban J connectivity index is 1.85. The average molecular weight is 365 g/mol. The van der Waals surface area contributed by atoms with Gasteiger partial charge in [-0.1, -0.05) is 17.7 Å². The molecule has 0 spiro atoms. The highest BCUT2D eigenvalue weighted by atomic mass is 35.5. The van der Waals surface area contributed by atoms with E-state index < -0.39 is 18.8 Å². The predicted octanol–water partition coefficient (Wildman–Crippen LogP) is 2.01. The highest BCUT2D eigenvalue weighted by Gasteiger charge is 2.38. The molecule has 1 aromatic rings. The Labute approximate surface area is 143 Å². The summed E-state index contributed by atoms with van der Waals surface area (Å²) in [6.07, 6.45) is -6.26. The molecule has 2 rings (SSSR count). The van der Waals surface area contributed by atoms with Crippen LogP contribution in [-0.2, 0) is 0 Å². The fraction of sp³-hybridized carbons (Fsp3) is 0.533. The molecule has 24 heavy (non-hydrogen) atoms. The normalized spacial score (nSPS) is 20.2. The van der Waals surface area contributed by atoms with Gasteiger partial charge in [0.2, 0.25) is 0 Å². The van der Waals surface area contributed by atoms with Gasteiger partial charge < -0.3 is 20.6 Å². The van der Waals surface area contributed by atoms with Crippen LogP contribution in [0.3, 0.4) is 0 Å². The Bertz CT molecular complexity index is 582. The highest BCUT2D eigenvalue weighted by Crippen LogP contribution is 2.23. The van der Waals surface area contributed by atoms with E-state index in [1.807, 2.05) is 18.2 Å². The fourth-order valence-corrected chi connectivity index (χ4v) is 2.67. The SMILES string of the molecule is CN=C(NCC(O)C(F)(F)F)NC1CCN(c2cccc(Cl)c2)C1. The van der Waals surface area contributed by atoms with E-state index in [0.29, 0.717) is 11.6 Å². The van der Waals surface area contributed by atoms with E-state index in [9.17, 15) is 13.2 Å². The Hall–Kier alpha value is -1.67. The first-order chi connectivity index (χ1) is 11.3. The van der Waals surface area contributed by atoms with Crippen molar-refractivity contribution in [2.45, 2.75) is 24.7 Å². The zero-order chi connectivity index (χ0) is 17.7. The molecular weight excluding hydrogens is 345 g/mol. The number of aliphatic hydroxyl groups is 1. The molecule has 0 bridgehead atoms. The van der Waals surface area contributed by atoms with Gasteiger partial charge in [-0.15, -0.1) is 0 Å². The first kappa shape index (κ1) is 18.7. The summed E-state index contributed by atoms with van der Waals surface area (Å²) in [4.78, 5) is 6.03. The first-order valence-corrected chi connectivity index (χ1v) is 7.90. The van der Waals surface area contributed by atoms with Crippen molar-refractivity contribution in [2.75, 3.05) is 31.6 Å². The zero-order valence-corrected chi connectivity index (χ0v) is 13.9. The van der Waals surface area contributed by atoms with E-state index in [1.54, 1.807) is 6.07 Å². The molecule has 0 aliphatic carbocycles. The number of hydrogen-bond donors (Lipinski definition) is 3. The van der Waals surface area contributed by atoms with Gasteiger partial charge in [-0.05, 0) is 24.6 Å². The molecule has 5 nitrogen and oxygen atoms in total. The summed E-state index contributed by atoms with van der Waals surface area (Å²) in [5.41, 5.74) is 1.00. The number of hydrogen-bond acceptors (Lipinski definition) is 3. The number of aliphatic imine (C=N–C) groups is 1. The molecule has 1 aromatic carbocycles. The minimum atomic E-state index is -4.65. The third kappa shape index (κ3) is 5.17. The lowest BCUT2D eigenvalue weighted by molar-refractivity contribution is -0.201. The van der Waals surface area contributed by atoms with E-state index in [4.69, 9.17) is 16.7 Å². The number of rotatable bonds is 4. The molecule has 0 saturated carbocycles. The Kier molecular flexibility index (Phi) is 6.17. The molecule has 1 fully saturated rings. The number of nitrogens with one attached hydrogen (secondary N) is 2. The molecule has 0 radical (unpaired) electrons. The summed E-state index contributed by atoms with van der Waals surface area (Å²) in [6.45, 7) is 0.844. The van der Waals surface area contributed by atoms with Crippen molar-refractivity contribution < 1.29 is 18.3 Å². The van der Waals surface area contributed by atoms with Crippen LogP contribution in [0.4, 0.5) is 18.9 Å². The number of aliphatic hydroxyl groups excluding tert-OH is 1. The van der Waals surface area contributed by atoms with E-state index in [0.717, 1.165) is 18.7 Å². The summed E-state index contributed by atoms with van der Waals surface area (Å²) < 4.78 is 36.9. The van der Waals surface area contributed by atoms with Gasteiger partial charge in [-0.25, -0.2) is 0 Å². The minimum Gasteiger partial charge on any atom is -0.382 e. The molecule has 3 N–H and O–H groups in total. The second kappa shape index (κ2) is 7.94. The summed E-state index contributed by atoms with van der Waals surface area (Å²) in [7, 11) is 1.47. The molecule has 0 amide bonds. The van der Waals surface area contributed by atoms with Gasteiger partial charge in [0, 0.05) is 36.9 Å². The number of nitrogens with zero attached hydrogens (tertiary/aromatic N) is 2. The van der Waals surface area contributed by atoms with E-state index in [-0.39, 0.29) is 12.0 Å². The second-order valence-electron chi connectivity index (χ2n) is 5.57. The smallest absolute Gasteiger partial charge is 0.382 e. The van der Waals surface area contributed by atoms with Gasteiger partial charge in [-0.3, -0.25) is 4.99 Å². The van der Waals surface area contributed by atoms with Gasteiger partial charge in [0.05, 0.1) is 6.54 Å². The zero-order valence-electron chi connectivity index (χ0n) is 13.1. The second-order valence-corrected chi connectivity index (χ2v) is 6.00. The first-order valence-electron chi connectivity index (χ1n) is 7.52. The van der Waals surface area contributed by atoms with Crippen LogP contribution in [0.25, 0.3) is 0 Å². The molecule has 2 atom stereocenters. The molecular formula is C15H20ClF3N4O. The molecule has 134 valence electrons. The number of anilines is 1. The average Bonchev–Trinajstić information content (AvgIpc) is 2.98. The molecule has 0 aromatic heterocycles. The topological polar surface area (TPSA) is 59.9 Å². The Morgan fingerprint density at radius 3 is 2.88 bits per heavy atom. The number of alkyl halides is 3. The van der Waals surface area contributed by atoms with Crippen LogP contribution in [0, 0.1) is 0 Å². The van der Waals surface area contributed by atoms with Gasteiger partial charge >= 0.3 is 6.18 Å². The largest absolute Gasteiger partial charge is 0.416 e. The van der Waals surface area contributed by atoms with Crippen molar-refractivity contribution in [3.05, 3.63) is 29.3 Å². The lowest BCUT2D eigenvalue weighted by Gasteiger charge is -2.21. The number of benzene rings is 1. The third-order valence-electron chi connectivity index (χ3n) is 3.77. The summed E-state index contributed by atoms with van der Waals surface area (Å²) >= 11 is 5.99. The molecule has 1 heterocycles. The third-order valence-corrected chi connectivity index (χ3v) is 4.00. The summed E-state index contributed by atoms with van der Waals surface area (Å²) in [5, 5.41) is 15.2. The Morgan fingerprint density at radius 1 is 1.50 bits per heavy atom. The maximum absolute atomic E-state index is 12.3. The van der Waals surface area contributed by atoms with Crippen LogP contribution < -0.4 is 15.5 Å². The maximum Gasteiger partial charge on any atom is 0.416 e. The molecule has 1 aliphatic rings. The molecule has 1 saturated heterocycles. The molecule has 2 unspecified atom stereocenters. The lowest BCUT2D eigenvalue weighted by atomic mass is 10.2. The van der Waals surface area contributed by atoms with E-state index in [1.165, 1.54) is 7.05 Å². The van der Waals surface area contributed by atoms with Crippen molar-refractivity contribution in [1.29, 1.82) is 0 Å². The van der Waals surface area contributed by atoms with Crippen LogP contribution >= 0.6 is 11.6 Å². The van der Waals surface area contributed by atoms with Crippen LogP contribution in [0.15, 0.2) is 29.3 Å². The van der Waals surface area contributed by atoms with Gasteiger partial charge in [0.1, 0.15) is 0 Å². The van der Waals surface area contributed by atoms with Crippen molar-refractivity contribution in [2.24, 2.45) is 4.99 Å². The summed E-state index contributed by atoms with van der Waals surface area (Å²) in [6, 6.07) is 7.54. The number of halogens is 4. The van der Waals surface area contributed by atoms with Gasteiger partial charge in [-0.2, -0.15) is 13.2 Å². The molecule has 1 aliphatic heterocycles. The van der Waals surface area contributed by atoms with Crippen LogP contribution in [0.2, 0.25) is 5.02 Å². The number of guanidine groups is 1. The molecule has 9 heteroatoms. The van der Waals surface area contributed by atoms with Crippen molar-refractivity contribution in [3.63, 3.8) is 0 Å². The van der Waals surface area contributed by atoms with Crippen LogP contribution in [0.5, 0.6) is 0 Å². The van der Waals surface area contributed by atoms with Gasteiger partial charge in [0.15, 0.2) is 12.1 Å². The van der Waals surface area contributed by atoms with Crippen LogP contribution in [0.1, 0.15) is 6.42 Å². The van der Waals surface area contributed by atoms with Crippen molar-refractivity contribution in [1.82, 2.24) is 10.6 Å². The minimum absolute atomic E-state index is 0.0400. The van der Waals surface area contributed by atoms with Crippen molar-refractivity contribution >= 4 is 23.2 Å². The summed E-state index contributed by atoms with van der Waals surface area (Å²) in [5.74, 6) is 0.233. The standard InChI is InChI=1S/C15H20ClF3N4O/c1-20-14(21-8-13(24)15(17,18)19)22-11-5-6-23(9-11)12-4-2-3-10(16)7-12/h2-4,7,11,13,24H,5-6,8-9H2,1H3,(H2,20,21,22). The van der Waals surface area contributed by atoms with E-state index in [2.05, 4.69) is 20.5 Å². The fourth-order valence-electron chi connectivity index (χ4n) is 2.48. The maximum atomic E-state index is 12.3. The monoisotopic (exact) mass is 364 g/mol. The highest BCUT2D eigenvalue weighted by molar-refractivity contribution is 6.30. The van der Waals surface area contributed by atoms with E-state index >= 15 is 0 Å². The lowest BCUT2D eigenvalue weighted by Crippen LogP contribution is -2.48. The quantitative estimate of drug-likeness (QED) is 0.565.